The Hall–Kier alpha value is -1.16. The molecule has 0 aliphatic rings. The fraction of sp³-hybridized carbons (Fsp3) is 0.133. The zero-order valence-electron chi connectivity index (χ0n) is 10.8. The molecule has 0 saturated heterocycles. The molecule has 0 heterocycles. The van der Waals surface area contributed by atoms with Gasteiger partial charge in [0, 0.05) is 17.6 Å². The van der Waals surface area contributed by atoms with Crippen molar-refractivity contribution in [2.75, 3.05) is 17.7 Å². The average Bonchev–Trinajstić information content (AvgIpc) is 2.46. The lowest BCUT2D eigenvalue weighted by Crippen LogP contribution is -2.27. The maximum Gasteiger partial charge on any atom is 0.237 e. The number of anilines is 1. The molecular weight excluding hydrogens is 313 g/mol. The van der Waals surface area contributed by atoms with Crippen LogP contribution in [0.1, 0.15) is 0 Å². The van der Waals surface area contributed by atoms with Crippen LogP contribution in [0.5, 0.6) is 0 Å². The summed E-state index contributed by atoms with van der Waals surface area (Å²) in [5, 5.41) is 1.13. The fourth-order valence-electron chi connectivity index (χ4n) is 1.65. The second-order valence-corrected chi connectivity index (χ2v) is 5.93. The van der Waals surface area contributed by atoms with Gasteiger partial charge >= 0.3 is 0 Å². The molecule has 2 nitrogen and oxygen atoms in total. The summed E-state index contributed by atoms with van der Waals surface area (Å²) >= 11 is 13.5. The summed E-state index contributed by atoms with van der Waals surface area (Å²) in [6.45, 7) is 0. The van der Waals surface area contributed by atoms with Gasteiger partial charge in [0.1, 0.15) is 0 Å². The van der Waals surface area contributed by atoms with Crippen LogP contribution < -0.4 is 4.90 Å². The Labute approximate surface area is 132 Å². The molecule has 0 aliphatic heterocycles. The number of halogens is 2. The number of benzene rings is 2. The third-order valence-corrected chi connectivity index (χ3v) is 4.75. The van der Waals surface area contributed by atoms with Gasteiger partial charge in [-0.2, -0.15) is 0 Å². The molecule has 0 aromatic heterocycles. The molecule has 0 fully saturated rings. The van der Waals surface area contributed by atoms with E-state index in [1.807, 2.05) is 30.3 Å². The predicted molar refractivity (Wildman–Crippen MR) is 87.0 cm³/mol. The lowest BCUT2D eigenvalue weighted by molar-refractivity contribution is -0.115. The standard InChI is InChI=1S/C15H13Cl2NOS/c1-18(11-6-3-2-4-7-11)14(19)10-20-15-12(16)8-5-9-13(15)17/h2-9H,10H2,1H3. The minimum absolute atomic E-state index is 0.00261. The second-order valence-electron chi connectivity index (χ2n) is 4.13. The smallest absolute Gasteiger partial charge is 0.237 e. The number of carbonyl (C=O) groups excluding carboxylic acids is 1. The summed E-state index contributed by atoms with van der Waals surface area (Å²) in [5.74, 6) is 0.284. The molecule has 0 N–H and O–H groups in total. The molecule has 0 bridgehead atoms. The van der Waals surface area contributed by atoms with Crippen LogP contribution in [0.15, 0.2) is 53.4 Å². The highest BCUT2D eigenvalue weighted by Crippen LogP contribution is 2.34. The Kier molecular flexibility index (Phi) is 5.35. The fourth-order valence-corrected chi connectivity index (χ4v) is 3.24. The minimum Gasteiger partial charge on any atom is -0.315 e. The van der Waals surface area contributed by atoms with Crippen LogP contribution in [-0.4, -0.2) is 18.7 Å². The van der Waals surface area contributed by atoms with Crippen LogP contribution in [0.2, 0.25) is 10.0 Å². The van der Waals surface area contributed by atoms with Gasteiger partial charge < -0.3 is 4.90 Å². The highest BCUT2D eigenvalue weighted by atomic mass is 35.5. The molecule has 20 heavy (non-hydrogen) atoms. The largest absolute Gasteiger partial charge is 0.315 e. The zero-order chi connectivity index (χ0) is 14.5. The lowest BCUT2D eigenvalue weighted by atomic mass is 10.3. The van der Waals surface area contributed by atoms with E-state index in [1.54, 1.807) is 30.1 Å². The van der Waals surface area contributed by atoms with Gasteiger partial charge in [0.2, 0.25) is 5.91 Å². The Bertz CT molecular complexity index is 584. The number of amides is 1. The van der Waals surface area contributed by atoms with Crippen molar-refractivity contribution in [3.05, 3.63) is 58.6 Å². The molecule has 0 atom stereocenters. The topological polar surface area (TPSA) is 20.3 Å². The summed E-state index contributed by atoms with van der Waals surface area (Å²) < 4.78 is 0. The van der Waals surface area contributed by atoms with Gasteiger partial charge in [0.25, 0.3) is 0 Å². The Morgan fingerprint density at radius 3 is 2.25 bits per heavy atom. The third-order valence-electron chi connectivity index (χ3n) is 2.78. The second kappa shape index (κ2) is 7.02. The van der Waals surface area contributed by atoms with Crippen molar-refractivity contribution >= 4 is 46.6 Å². The van der Waals surface area contributed by atoms with E-state index in [4.69, 9.17) is 23.2 Å². The first-order chi connectivity index (χ1) is 9.59. The van der Waals surface area contributed by atoms with E-state index >= 15 is 0 Å². The van der Waals surface area contributed by atoms with Gasteiger partial charge in [-0.25, -0.2) is 0 Å². The first kappa shape index (κ1) is 15.2. The van der Waals surface area contributed by atoms with E-state index in [1.165, 1.54) is 11.8 Å². The first-order valence-electron chi connectivity index (χ1n) is 5.98. The number of nitrogens with zero attached hydrogens (tertiary/aromatic N) is 1. The number of thioether (sulfide) groups is 1. The summed E-state index contributed by atoms with van der Waals surface area (Å²) in [4.78, 5) is 14.5. The van der Waals surface area contributed by atoms with Crippen molar-refractivity contribution in [3.8, 4) is 0 Å². The predicted octanol–water partition coefficient (Wildman–Crippen LogP) is 4.75. The quantitative estimate of drug-likeness (QED) is 0.756. The molecular formula is C15H13Cl2NOS. The van der Waals surface area contributed by atoms with Crippen molar-refractivity contribution in [1.29, 1.82) is 0 Å². The number of para-hydroxylation sites is 1. The van der Waals surface area contributed by atoms with Crippen molar-refractivity contribution in [1.82, 2.24) is 0 Å². The van der Waals surface area contributed by atoms with Gasteiger partial charge in [-0.05, 0) is 24.3 Å². The van der Waals surface area contributed by atoms with Crippen molar-refractivity contribution in [2.24, 2.45) is 0 Å². The van der Waals surface area contributed by atoms with E-state index < -0.39 is 0 Å². The van der Waals surface area contributed by atoms with Crippen LogP contribution in [0.3, 0.4) is 0 Å². The SMILES string of the molecule is CN(C(=O)CSc1c(Cl)cccc1Cl)c1ccccc1. The third kappa shape index (κ3) is 3.69. The molecule has 0 unspecified atom stereocenters. The summed E-state index contributed by atoms with van der Waals surface area (Å²) in [6, 6.07) is 14.8. The van der Waals surface area contributed by atoms with Crippen LogP contribution >= 0.6 is 35.0 Å². The number of hydrogen-bond donors (Lipinski definition) is 0. The first-order valence-corrected chi connectivity index (χ1v) is 7.72. The maximum atomic E-state index is 12.2. The molecule has 2 aromatic rings. The summed E-state index contributed by atoms with van der Waals surface area (Å²) in [5.41, 5.74) is 0.864. The molecule has 0 aliphatic carbocycles. The molecule has 1 amide bonds. The lowest BCUT2D eigenvalue weighted by Gasteiger charge is -2.17. The van der Waals surface area contributed by atoms with E-state index in [0.717, 1.165) is 10.6 Å². The van der Waals surface area contributed by atoms with E-state index in [9.17, 15) is 4.79 Å². The number of carbonyl (C=O) groups is 1. The number of rotatable bonds is 4. The highest BCUT2D eigenvalue weighted by molar-refractivity contribution is 8.00. The summed E-state index contributed by atoms with van der Waals surface area (Å²) in [6.07, 6.45) is 0. The van der Waals surface area contributed by atoms with Crippen LogP contribution in [0.25, 0.3) is 0 Å². The van der Waals surface area contributed by atoms with Gasteiger partial charge in [0.15, 0.2) is 0 Å². The Morgan fingerprint density at radius 1 is 1.05 bits per heavy atom. The molecule has 2 aromatic carbocycles. The van der Waals surface area contributed by atoms with Crippen LogP contribution in [0.4, 0.5) is 5.69 Å². The summed E-state index contributed by atoms with van der Waals surface area (Å²) in [7, 11) is 1.76. The van der Waals surface area contributed by atoms with Crippen LogP contribution in [-0.2, 0) is 4.79 Å². The van der Waals surface area contributed by atoms with Crippen molar-refractivity contribution in [3.63, 3.8) is 0 Å². The maximum absolute atomic E-state index is 12.2. The van der Waals surface area contributed by atoms with Crippen molar-refractivity contribution < 1.29 is 4.79 Å². The monoisotopic (exact) mass is 325 g/mol. The molecule has 2 rings (SSSR count). The Morgan fingerprint density at radius 2 is 1.65 bits per heavy atom. The molecule has 0 saturated carbocycles. The molecule has 0 spiro atoms. The average molecular weight is 326 g/mol. The number of hydrogen-bond acceptors (Lipinski definition) is 2. The van der Waals surface area contributed by atoms with E-state index in [-0.39, 0.29) is 11.7 Å². The molecule has 5 heteroatoms. The van der Waals surface area contributed by atoms with E-state index in [0.29, 0.717) is 10.0 Å². The van der Waals surface area contributed by atoms with E-state index in [2.05, 4.69) is 0 Å². The van der Waals surface area contributed by atoms with Crippen molar-refractivity contribution in [2.45, 2.75) is 4.90 Å². The highest BCUT2D eigenvalue weighted by Gasteiger charge is 2.13. The van der Waals surface area contributed by atoms with Gasteiger partial charge in [0.05, 0.1) is 15.8 Å². The zero-order valence-corrected chi connectivity index (χ0v) is 13.2. The van der Waals surface area contributed by atoms with Crippen LogP contribution in [0, 0.1) is 0 Å². The Balaban J connectivity index is 2.02. The normalized spacial score (nSPS) is 10.3. The van der Waals surface area contributed by atoms with Gasteiger partial charge in [-0.3, -0.25) is 4.79 Å². The van der Waals surface area contributed by atoms with Gasteiger partial charge in [-0.15, -0.1) is 11.8 Å². The molecule has 104 valence electrons. The molecule has 0 radical (unpaired) electrons. The van der Waals surface area contributed by atoms with Gasteiger partial charge in [-0.1, -0.05) is 47.5 Å². The minimum atomic E-state index is -0.00261.